The molecule has 1 aromatic rings. The molecule has 0 aromatic carbocycles. The van der Waals surface area contributed by atoms with Crippen LogP contribution in [0.2, 0.25) is 0 Å². The Kier molecular flexibility index (Phi) is 4.11. The fourth-order valence-corrected chi connectivity index (χ4v) is 1.26. The van der Waals surface area contributed by atoms with Crippen molar-refractivity contribution in [3.05, 3.63) is 6.33 Å². The third-order valence-electron chi connectivity index (χ3n) is 2.02. The van der Waals surface area contributed by atoms with Crippen LogP contribution in [0.5, 0.6) is 5.75 Å². The smallest absolute Gasteiger partial charge is 0.204 e. The molecule has 0 aliphatic rings. The average molecular weight is 212 g/mol. The first-order valence-electron chi connectivity index (χ1n) is 4.63. The van der Waals surface area contributed by atoms with Crippen molar-refractivity contribution in [2.75, 3.05) is 44.6 Å². The topological polar surface area (TPSA) is 70.5 Å². The summed E-state index contributed by atoms with van der Waals surface area (Å²) in [6.07, 6.45) is 1.46. The highest BCUT2D eigenvalue weighted by Gasteiger charge is 2.14. The molecule has 1 rings (SSSR count). The van der Waals surface area contributed by atoms with Crippen molar-refractivity contribution in [1.29, 1.82) is 0 Å². The second-order valence-corrected chi connectivity index (χ2v) is 2.97. The maximum absolute atomic E-state index is 8.85. The number of aliphatic hydroxyl groups excluding tert-OH is 1. The maximum Gasteiger partial charge on any atom is 0.204 e. The number of likely N-dealkylation sites (N-methyl/N-ethyl adjacent to an activating group) is 1. The van der Waals surface area contributed by atoms with Crippen molar-refractivity contribution in [2.45, 2.75) is 0 Å². The molecule has 0 radical (unpaired) electrons. The lowest BCUT2D eigenvalue weighted by molar-refractivity contribution is 0.303. The molecule has 0 unspecified atom stereocenters. The molecule has 15 heavy (non-hydrogen) atoms. The quantitative estimate of drug-likeness (QED) is 0.713. The number of methoxy groups -OCH3 is 1. The summed E-state index contributed by atoms with van der Waals surface area (Å²) in [4.78, 5) is 9.96. The van der Waals surface area contributed by atoms with Crippen LogP contribution in [0.4, 0.5) is 11.6 Å². The lowest BCUT2D eigenvalue weighted by Gasteiger charge is -2.20. The van der Waals surface area contributed by atoms with Gasteiger partial charge >= 0.3 is 0 Å². The number of hydrogen-bond acceptors (Lipinski definition) is 6. The van der Waals surface area contributed by atoms with Gasteiger partial charge in [0, 0.05) is 20.6 Å². The fraction of sp³-hybridized carbons (Fsp3) is 0.556. The zero-order valence-corrected chi connectivity index (χ0v) is 9.19. The van der Waals surface area contributed by atoms with E-state index in [0.29, 0.717) is 23.9 Å². The van der Waals surface area contributed by atoms with Gasteiger partial charge in [0.25, 0.3) is 0 Å². The van der Waals surface area contributed by atoms with Crippen LogP contribution in [0.15, 0.2) is 6.33 Å². The number of aliphatic hydroxyl groups is 1. The van der Waals surface area contributed by atoms with Crippen LogP contribution in [-0.2, 0) is 0 Å². The summed E-state index contributed by atoms with van der Waals surface area (Å²) in [5, 5.41) is 11.8. The largest absolute Gasteiger partial charge is 0.490 e. The third-order valence-corrected chi connectivity index (χ3v) is 2.02. The van der Waals surface area contributed by atoms with Gasteiger partial charge in [-0.05, 0) is 0 Å². The zero-order valence-electron chi connectivity index (χ0n) is 9.19. The first-order valence-corrected chi connectivity index (χ1v) is 4.63. The van der Waals surface area contributed by atoms with Crippen LogP contribution >= 0.6 is 0 Å². The van der Waals surface area contributed by atoms with Crippen LogP contribution in [-0.4, -0.2) is 49.4 Å². The monoisotopic (exact) mass is 212 g/mol. The molecule has 6 nitrogen and oxygen atoms in total. The highest BCUT2D eigenvalue weighted by molar-refractivity contribution is 5.64. The Morgan fingerprint density at radius 3 is 2.80 bits per heavy atom. The van der Waals surface area contributed by atoms with Gasteiger partial charge in [-0.1, -0.05) is 0 Å². The number of nitrogens with zero attached hydrogens (tertiary/aromatic N) is 3. The molecule has 2 N–H and O–H groups in total. The molecule has 0 spiro atoms. The van der Waals surface area contributed by atoms with Crippen molar-refractivity contribution < 1.29 is 9.84 Å². The maximum atomic E-state index is 8.85. The van der Waals surface area contributed by atoms with Gasteiger partial charge in [-0.15, -0.1) is 0 Å². The van der Waals surface area contributed by atoms with Gasteiger partial charge < -0.3 is 20.1 Å². The van der Waals surface area contributed by atoms with E-state index in [-0.39, 0.29) is 6.61 Å². The average Bonchev–Trinajstić information content (AvgIpc) is 2.28. The molecule has 1 aromatic heterocycles. The number of anilines is 2. The molecule has 0 aliphatic carbocycles. The standard InChI is InChI=1S/C9H16N4O2/c1-10-8-7(15-3)9(12-6-11-8)13(2)4-5-14/h6,14H,4-5H2,1-3H3,(H,10,11,12). The number of aromatic nitrogens is 2. The van der Waals surface area contributed by atoms with Crippen LogP contribution in [0.1, 0.15) is 0 Å². The van der Waals surface area contributed by atoms with Gasteiger partial charge in [-0.3, -0.25) is 0 Å². The van der Waals surface area contributed by atoms with Crippen molar-refractivity contribution in [1.82, 2.24) is 9.97 Å². The first kappa shape index (κ1) is 11.5. The number of nitrogens with one attached hydrogen (secondary N) is 1. The Bertz CT molecular complexity index is 319. The summed E-state index contributed by atoms with van der Waals surface area (Å²) < 4.78 is 5.22. The number of ether oxygens (including phenoxy) is 1. The summed E-state index contributed by atoms with van der Waals surface area (Å²) in [6.45, 7) is 0.565. The minimum Gasteiger partial charge on any atom is -0.490 e. The first-order chi connectivity index (χ1) is 7.24. The van der Waals surface area contributed by atoms with Crippen LogP contribution in [0.3, 0.4) is 0 Å². The summed E-state index contributed by atoms with van der Waals surface area (Å²) in [5.41, 5.74) is 0. The predicted octanol–water partition coefficient (Wildman–Crippen LogP) is -0.0446. The summed E-state index contributed by atoms with van der Waals surface area (Å²) in [7, 11) is 5.16. The van der Waals surface area contributed by atoms with Crippen molar-refractivity contribution in [2.24, 2.45) is 0 Å². The molecule has 0 fully saturated rings. The van der Waals surface area contributed by atoms with Crippen LogP contribution < -0.4 is 15.0 Å². The van der Waals surface area contributed by atoms with Gasteiger partial charge in [0.05, 0.1) is 13.7 Å². The van der Waals surface area contributed by atoms with E-state index in [1.165, 1.54) is 6.33 Å². The molecule has 0 saturated heterocycles. The Balaban J connectivity index is 3.05. The lowest BCUT2D eigenvalue weighted by Crippen LogP contribution is -2.23. The molecule has 0 atom stereocenters. The molecule has 1 heterocycles. The second-order valence-electron chi connectivity index (χ2n) is 2.97. The molecule has 0 saturated carbocycles. The Morgan fingerprint density at radius 1 is 1.53 bits per heavy atom. The Hall–Kier alpha value is -1.56. The van der Waals surface area contributed by atoms with Gasteiger partial charge in [0.1, 0.15) is 6.33 Å². The molecule has 0 bridgehead atoms. The Morgan fingerprint density at radius 2 is 2.27 bits per heavy atom. The van der Waals surface area contributed by atoms with Crippen molar-refractivity contribution in [3.8, 4) is 5.75 Å². The fourth-order valence-electron chi connectivity index (χ4n) is 1.26. The zero-order chi connectivity index (χ0) is 11.3. The van der Waals surface area contributed by atoms with E-state index in [2.05, 4.69) is 15.3 Å². The highest BCUT2D eigenvalue weighted by Crippen LogP contribution is 2.30. The van der Waals surface area contributed by atoms with Gasteiger partial charge in [0.2, 0.25) is 5.75 Å². The minimum absolute atomic E-state index is 0.0680. The summed E-state index contributed by atoms with van der Waals surface area (Å²) in [5.74, 6) is 1.87. The second kappa shape index (κ2) is 5.35. The van der Waals surface area contributed by atoms with E-state index in [0.717, 1.165) is 0 Å². The van der Waals surface area contributed by atoms with E-state index in [4.69, 9.17) is 9.84 Å². The van der Waals surface area contributed by atoms with E-state index in [9.17, 15) is 0 Å². The van der Waals surface area contributed by atoms with Crippen molar-refractivity contribution in [3.63, 3.8) is 0 Å². The van der Waals surface area contributed by atoms with E-state index >= 15 is 0 Å². The number of hydrogen-bond donors (Lipinski definition) is 2. The van der Waals surface area contributed by atoms with Gasteiger partial charge in [-0.2, -0.15) is 0 Å². The van der Waals surface area contributed by atoms with E-state index in [1.54, 1.807) is 19.1 Å². The molecule has 6 heteroatoms. The predicted molar refractivity (Wildman–Crippen MR) is 58.5 cm³/mol. The third kappa shape index (κ3) is 2.47. The molecular weight excluding hydrogens is 196 g/mol. The van der Waals surface area contributed by atoms with E-state index in [1.807, 2.05) is 7.05 Å². The highest BCUT2D eigenvalue weighted by atomic mass is 16.5. The van der Waals surface area contributed by atoms with E-state index < -0.39 is 0 Å². The molecule has 84 valence electrons. The Labute approximate surface area is 88.9 Å². The van der Waals surface area contributed by atoms with Gasteiger partial charge in [-0.25, -0.2) is 9.97 Å². The molecule has 0 amide bonds. The minimum atomic E-state index is 0.0680. The van der Waals surface area contributed by atoms with Crippen molar-refractivity contribution >= 4 is 11.6 Å². The number of rotatable bonds is 5. The molecule has 0 aliphatic heterocycles. The normalized spacial score (nSPS) is 9.87. The summed E-state index contributed by atoms with van der Waals surface area (Å²) >= 11 is 0. The lowest BCUT2D eigenvalue weighted by atomic mass is 10.4. The SMILES string of the molecule is CNc1ncnc(N(C)CCO)c1OC. The van der Waals surface area contributed by atoms with Gasteiger partial charge in [0.15, 0.2) is 11.6 Å². The summed E-state index contributed by atoms with van der Waals surface area (Å²) in [6, 6.07) is 0. The molecular formula is C9H16N4O2. The van der Waals surface area contributed by atoms with Crippen LogP contribution in [0.25, 0.3) is 0 Å². The van der Waals surface area contributed by atoms with Crippen LogP contribution in [0, 0.1) is 0 Å².